The zero-order chi connectivity index (χ0) is 15.4. The summed E-state index contributed by atoms with van der Waals surface area (Å²) in [6.07, 6.45) is -6.09. The van der Waals surface area contributed by atoms with E-state index in [1.54, 1.807) is 0 Å². The van der Waals surface area contributed by atoms with E-state index in [4.69, 9.17) is 0 Å². The maximum atomic E-state index is 13.3. The van der Waals surface area contributed by atoms with Crippen LogP contribution < -0.4 is 0 Å². The number of halogens is 8. The molecule has 0 aromatic rings. The van der Waals surface area contributed by atoms with E-state index in [1.807, 2.05) is 0 Å². The van der Waals surface area contributed by atoms with Gasteiger partial charge < -0.3 is 9.47 Å². The van der Waals surface area contributed by atoms with Crippen molar-refractivity contribution in [1.82, 2.24) is 0 Å². The molecule has 10 heteroatoms. The van der Waals surface area contributed by atoms with Crippen LogP contribution in [0.5, 0.6) is 0 Å². The molecule has 0 aromatic heterocycles. The van der Waals surface area contributed by atoms with Gasteiger partial charge in [0.1, 0.15) is 0 Å². The molecule has 0 N–H and O–H groups in total. The van der Waals surface area contributed by atoms with Crippen LogP contribution in [0, 0.1) is 0 Å². The summed E-state index contributed by atoms with van der Waals surface area (Å²) in [5.41, 5.74) is 0. The number of ether oxygens (including phenoxy) is 2. The van der Waals surface area contributed by atoms with Crippen LogP contribution in [0.1, 0.15) is 12.8 Å². The topological polar surface area (TPSA) is 25.1 Å². The van der Waals surface area contributed by atoms with Crippen LogP contribution in [0.4, 0.5) is 35.1 Å². The van der Waals surface area contributed by atoms with Gasteiger partial charge in [-0.2, -0.15) is 35.1 Å². The smallest absolute Gasteiger partial charge is 0.373 e. The molecule has 0 aromatic carbocycles. The monoisotopic (exact) mass is 314 g/mol. The van der Waals surface area contributed by atoms with E-state index in [9.17, 15) is 35.1 Å². The van der Waals surface area contributed by atoms with Gasteiger partial charge in [0, 0.05) is 12.8 Å². The fraction of sp³-hybridized carbons (Fsp3) is 1.00. The summed E-state index contributed by atoms with van der Waals surface area (Å²) >= 11 is 0. The van der Waals surface area contributed by atoms with Crippen molar-refractivity contribution >= 4 is 0 Å². The normalized spacial score (nSPS) is 27.6. The lowest BCUT2D eigenvalue weighted by Crippen LogP contribution is -2.62. The van der Waals surface area contributed by atoms with Gasteiger partial charge in [0.2, 0.25) is 0 Å². The zero-order valence-electron chi connectivity index (χ0n) is 9.82. The highest BCUT2D eigenvalue weighted by atomic mass is 19.4. The Morgan fingerprint density at radius 2 is 0.900 bits per heavy atom. The van der Waals surface area contributed by atoms with Crippen molar-refractivity contribution in [2.24, 2.45) is 0 Å². The molecule has 2 heterocycles. The van der Waals surface area contributed by atoms with E-state index in [-0.39, 0.29) is 13.2 Å². The van der Waals surface area contributed by atoms with Gasteiger partial charge >= 0.3 is 23.7 Å². The number of alkyl halides is 8. The van der Waals surface area contributed by atoms with Gasteiger partial charge in [-0.05, 0) is 0 Å². The summed E-state index contributed by atoms with van der Waals surface area (Å²) in [6.45, 7) is -0.576. The second-order valence-corrected chi connectivity index (χ2v) is 4.88. The Kier molecular flexibility index (Phi) is 3.48. The van der Waals surface area contributed by atoms with Crippen LogP contribution in [0.2, 0.25) is 0 Å². The van der Waals surface area contributed by atoms with E-state index in [1.165, 1.54) is 0 Å². The first kappa shape index (κ1) is 15.7. The quantitative estimate of drug-likeness (QED) is 0.533. The van der Waals surface area contributed by atoms with Gasteiger partial charge in [-0.1, -0.05) is 0 Å². The summed E-state index contributed by atoms with van der Waals surface area (Å²) in [6, 6.07) is 0. The minimum Gasteiger partial charge on any atom is -0.373 e. The standard InChI is InChI=1S/C10H10F8O2/c11-7(12,1-5-3-19-5)9(15,16)10(17,18)8(13,14)2-6-4-20-6/h5-6H,1-4H2. The van der Waals surface area contributed by atoms with Crippen molar-refractivity contribution in [2.45, 2.75) is 48.7 Å². The highest BCUT2D eigenvalue weighted by Crippen LogP contribution is 2.56. The lowest BCUT2D eigenvalue weighted by molar-refractivity contribution is -0.368. The van der Waals surface area contributed by atoms with Crippen LogP contribution in [-0.4, -0.2) is 49.1 Å². The third-order valence-corrected chi connectivity index (χ3v) is 3.09. The van der Waals surface area contributed by atoms with Crippen molar-refractivity contribution in [1.29, 1.82) is 0 Å². The van der Waals surface area contributed by atoms with Crippen LogP contribution in [0.3, 0.4) is 0 Å². The Balaban J connectivity index is 2.19. The molecule has 0 bridgehead atoms. The highest BCUT2D eigenvalue weighted by molar-refractivity contribution is 5.06. The molecule has 20 heavy (non-hydrogen) atoms. The second-order valence-electron chi connectivity index (χ2n) is 4.88. The maximum Gasteiger partial charge on any atom is 0.378 e. The summed E-state index contributed by atoms with van der Waals surface area (Å²) < 4.78 is 114. The Labute approximate surface area is 108 Å². The number of hydrogen-bond acceptors (Lipinski definition) is 2. The minimum atomic E-state index is -6.19. The van der Waals surface area contributed by atoms with E-state index in [0.717, 1.165) is 0 Å². The van der Waals surface area contributed by atoms with Crippen LogP contribution in [0.15, 0.2) is 0 Å². The minimum absolute atomic E-state index is 0.288. The molecule has 0 saturated carbocycles. The number of epoxide rings is 2. The average Bonchev–Trinajstić information content (AvgIpc) is 3.13. The van der Waals surface area contributed by atoms with Crippen LogP contribution >= 0.6 is 0 Å². The lowest BCUT2D eigenvalue weighted by atomic mass is 9.93. The first-order valence-electron chi connectivity index (χ1n) is 5.65. The van der Waals surface area contributed by atoms with Crippen LogP contribution in [-0.2, 0) is 9.47 Å². The van der Waals surface area contributed by atoms with Crippen molar-refractivity contribution in [2.75, 3.05) is 13.2 Å². The lowest BCUT2D eigenvalue weighted by Gasteiger charge is -2.36. The molecule has 0 radical (unpaired) electrons. The largest absolute Gasteiger partial charge is 0.378 e. The van der Waals surface area contributed by atoms with Crippen molar-refractivity contribution in [3.63, 3.8) is 0 Å². The van der Waals surface area contributed by atoms with Gasteiger partial charge in [-0.25, -0.2) is 0 Å². The summed E-state index contributed by atoms with van der Waals surface area (Å²) in [7, 11) is 0. The summed E-state index contributed by atoms with van der Waals surface area (Å²) in [5.74, 6) is -23.0. The summed E-state index contributed by atoms with van der Waals surface area (Å²) in [5, 5.41) is 0. The Morgan fingerprint density at radius 1 is 0.650 bits per heavy atom. The number of hydrogen-bond donors (Lipinski definition) is 0. The highest BCUT2D eigenvalue weighted by Gasteiger charge is 2.80. The Morgan fingerprint density at radius 3 is 1.10 bits per heavy atom. The first-order chi connectivity index (χ1) is 8.91. The van der Waals surface area contributed by atoms with Gasteiger partial charge in [0.05, 0.1) is 25.4 Å². The Bertz CT molecular complexity index is 339. The fourth-order valence-corrected chi connectivity index (χ4v) is 1.66. The zero-order valence-corrected chi connectivity index (χ0v) is 9.82. The molecule has 0 spiro atoms. The third kappa shape index (κ3) is 2.59. The average molecular weight is 314 g/mol. The number of rotatable bonds is 7. The SMILES string of the molecule is FC(F)(CC1CO1)C(F)(F)C(F)(F)C(F)(F)CC1CO1. The molecule has 0 aliphatic carbocycles. The fourth-order valence-electron chi connectivity index (χ4n) is 1.66. The molecule has 2 saturated heterocycles. The molecular weight excluding hydrogens is 304 g/mol. The Hall–Kier alpha value is -0.640. The van der Waals surface area contributed by atoms with Gasteiger partial charge in [0.25, 0.3) is 0 Å². The second kappa shape index (κ2) is 4.43. The molecule has 0 amide bonds. The molecule has 2 unspecified atom stereocenters. The first-order valence-corrected chi connectivity index (χ1v) is 5.65. The molecule has 2 aliphatic rings. The maximum absolute atomic E-state index is 13.3. The molecular formula is C10H10F8O2. The predicted molar refractivity (Wildman–Crippen MR) is 48.5 cm³/mol. The third-order valence-electron chi connectivity index (χ3n) is 3.09. The van der Waals surface area contributed by atoms with E-state index in [0.29, 0.717) is 0 Å². The van der Waals surface area contributed by atoms with Gasteiger partial charge in [-0.15, -0.1) is 0 Å². The predicted octanol–water partition coefficient (Wildman–Crippen LogP) is 3.11. The van der Waals surface area contributed by atoms with E-state index < -0.39 is 48.7 Å². The molecule has 2 fully saturated rings. The molecule has 2 nitrogen and oxygen atoms in total. The van der Waals surface area contributed by atoms with Crippen molar-refractivity contribution in [3.05, 3.63) is 0 Å². The van der Waals surface area contributed by atoms with E-state index >= 15 is 0 Å². The van der Waals surface area contributed by atoms with E-state index in [2.05, 4.69) is 9.47 Å². The molecule has 2 aliphatic heterocycles. The molecule has 118 valence electrons. The van der Waals surface area contributed by atoms with Crippen molar-refractivity contribution < 1.29 is 44.6 Å². The van der Waals surface area contributed by atoms with Gasteiger partial charge in [0.15, 0.2) is 0 Å². The van der Waals surface area contributed by atoms with Crippen molar-refractivity contribution in [3.8, 4) is 0 Å². The van der Waals surface area contributed by atoms with Crippen LogP contribution in [0.25, 0.3) is 0 Å². The molecule has 2 rings (SSSR count). The molecule has 2 atom stereocenters. The van der Waals surface area contributed by atoms with Gasteiger partial charge in [-0.3, -0.25) is 0 Å². The summed E-state index contributed by atoms with van der Waals surface area (Å²) in [4.78, 5) is 0.